The minimum atomic E-state index is -3.63. The Morgan fingerprint density at radius 1 is 0.920 bits per heavy atom. The summed E-state index contributed by atoms with van der Waals surface area (Å²) in [6, 6.07) is 0. The number of hydrogen-bond donors (Lipinski definition) is 2. The predicted molar refractivity (Wildman–Crippen MR) is 98.0 cm³/mol. The highest BCUT2D eigenvalue weighted by atomic mass is 19.3. The van der Waals surface area contributed by atoms with Gasteiger partial charge in [0.15, 0.2) is 0 Å². The first-order chi connectivity index (χ1) is 11.9. The van der Waals surface area contributed by atoms with E-state index in [1.807, 2.05) is 18.2 Å². The molecular formula is C20H32F2O3. The smallest absolute Gasteiger partial charge is 0.374 e. The van der Waals surface area contributed by atoms with E-state index in [1.54, 1.807) is 6.08 Å². The van der Waals surface area contributed by atoms with Gasteiger partial charge >= 0.3 is 11.9 Å². The number of halogens is 2. The number of rotatable bonds is 15. The first-order valence-electron chi connectivity index (χ1n) is 9.19. The Balaban J connectivity index is 3.58. The maximum atomic E-state index is 12.8. The molecule has 0 spiro atoms. The van der Waals surface area contributed by atoms with E-state index in [0.717, 1.165) is 57.8 Å². The average molecular weight is 358 g/mol. The highest BCUT2D eigenvalue weighted by molar-refractivity contribution is 5.75. The van der Waals surface area contributed by atoms with Gasteiger partial charge in [-0.1, -0.05) is 44.1 Å². The lowest BCUT2D eigenvalue weighted by molar-refractivity contribution is -0.165. The third-order valence-electron chi connectivity index (χ3n) is 3.79. The van der Waals surface area contributed by atoms with Crippen molar-refractivity contribution in [1.29, 1.82) is 0 Å². The van der Waals surface area contributed by atoms with Gasteiger partial charge in [0.2, 0.25) is 0 Å². The molecule has 0 aliphatic carbocycles. The summed E-state index contributed by atoms with van der Waals surface area (Å²) in [6.45, 7) is 2.14. The molecule has 0 fully saturated rings. The van der Waals surface area contributed by atoms with Crippen LogP contribution < -0.4 is 0 Å². The van der Waals surface area contributed by atoms with Crippen LogP contribution in [0.15, 0.2) is 36.1 Å². The van der Waals surface area contributed by atoms with Gasteiger partial charge < -0.3 is 10.2 Å². The van der Waals surface area contributed by atoms with E-state index in [1.165, 1.54) is 0 Å². The molecule has 0 saturated carbocycles. The molecule has 0 aromatic heterocycles. The van der Waals surface area contributed by atoms with Crippen LogP contribution in [0.1, 0.15) is 77.6 Å². The molecule has 0 aromatic rings. The van der Waals surface area contributed by atoms with Gasteiger partial charge in [-0.15, -0.1) is 0 Å². The van der Waals surface area contributed by atoms with E-state index in [-0.39, 0.29) is 6.42 Å². The summed E-state index contributed by atoms with van der Waals surface area (Å²) in [5, 5.41) is 17.9. The number of hydrogen-bond acceptors (Lipinski definition) is 2. The Labute approximate surface area is 150 Å². The fourth-order valence-corrected chi connectivity index (χ4v) is 2.21. The van der Waals surface area contributed by atoms with Crippen molar-refractivity contribution in [1.82, 2.24) is 0 Å². The molecule has 25 heavy (non-hydrogen) atoms. The molecular weight excluding hydrogens is 326 g/mol. The van der Waals surface area contributed by atoms with E-state index >= 15 is 0 Å². The second-order valence-corrected chi connectivity index (χ2v) is 6.16. The lowest BCUT2D eigenvalue weighted by Crippen LogP contribution is -2.27. The number of allylic oxidation sites excluding steroid dienone is 6. The van der Waals surface area contributed by atoms with Crippen LogP contribution in [0.3, 0.4) is 0 Å². The summed E-state index contributed by atoms with van der Waals surface area (Å²) in [7, 11) is 0. The molecule has 144 valence electrons. The molecule has 0 radical (unpaired) electrons. The zero-order valence-electron chi connectivity index (χ0n) is 15.2. The summed E-state index contributed by atoms with van der Waals surface area (Å²) in [6.07, 6.45) is 17.4. The fraction of sp³-hybridized carbons (Fsp3) is 0.650. The van der Waals surface area contributed by atoms with Gasteiger partial charge in [-0.3, -0.25) is 0 Å². The zero-order chi connectivity index (χ0) is 19.0. The summed E-state index contributed by atoms with van der Waals surface area (Å²) in [5.41, 5.74) is 0. The van der Waals surface area contributed by atoms with Gasteiger partial charge in [-0.2, -0.15) is 8.78 Å². The normalized spacial score (nSPS) is 13.2. The fourth-order valence-electron chi connectivity index (χ4n) is 2.21. The van der Waals surface area contributed by atoms with Gasteiger partial charge in [-0.25, -0.2) is 4.79 Å². The van der Waals surface area contributed by atoms with E-state index in [4.69, 9.17) is 5.11 Å². The minimum absolute atomic E-state index is 0.0767. The maximum absolute atomic E-state index is 12.8. The Kier molecular flexibility index (Phi) is 13.7. The van der Waals surface area contributed by atoms with Gasteiger partial charge in [0.1, 0.15) is 0 Å². The van der Waals surface area contributed by atoms with E-state index < -0.39 is 18.3 Å². The second-order valence-electron chi connectivity index (χ2n) is 6.16. The first-order valence-corrected chi connectivity index (χ1v) is 9.19. The molecule has 0 bridgehead atoms. The van der Waals surface area contributed by atoms with Crippen molar-refractivity contribution in [3.63, 3.8) is 0 Å². The first kappa shape index (κ1) is 23.4. The summed E-state index contributed by atoms with van der Waals surface area (Å²) >= 11 is 0. The SMILES string of the molecule is CCCCCC(O)=CC/C=C\CCCC/C=C\CCC(F)(F)C(=O)O. The molecule has 0 unspecified atom stereocenters. The number of unbranched alkanes of at least 4 members (excludes halogenated alkanes) is 5. The van der Waals surface area contributed by atoms with Crippen LogP contribution in [0, 0.1) is 0 Å². The predicted octanol–water partition coefficient (Wildman–Crippen LogP) is 6.57. The highest BCUT2D eigenvalue weighted by Gasteiger charge is 2.37. The molecule has 0 heterocycles. The molecule has 0 aromatic carbocycles. The highest BCUT2D eigenvalue weighted by Crippen LogP contribution is 2.20. The number of alkyl halides is 2. The van der Waals surface area contributed by atoms with E-state index in [2.05, 4.69) is 13.0 Å². The van der Waals surface area contributed by atoms with Crippen molar-refractivity contribution in [2.75, 3.05) is 0 Å². The molecule has 5 heteroatoms. The Morgan fingerprint density at radius 2 is 1.52 bits per heavy atom. The van der Waals surface area contributed by atoms with E-state index in [9.17, 15) is 18.7 Å². The molecule has 0 rings (SSSR count). The summed E-state index contributed by atoms with van der Waals surface area (Å²) in [5.74, 6) is -5.22. The molecule has 0 aliphatic heterocycles. The largest absolute Gasteiger partial charge is 0.513 e. The Hall–Kier alpha value is -1.65. The number of carbonyl (C=O) groups is 1. The molecule has 2 N–H and O–H groups in total. The quantitative estimate of drug-likeness (QED) is 0.198. The number of aliphatic hydroxyl groups excluding tert-OH is 1. The van der Waals surface area contributed by atoms with Gasteiger partial charge in [0, 0.05) is 12.8 Å². The maximum Gasteiger partial charge on any atom is 0.374 e. The molecule has 0 saturated heterocycles. The molecule has 0 atom stereocenters. The van der Waals surface area contributed by atoms with Gasteiger partial charge in [0.25, 0.3) is 0 Å². The van der Waals surface area contributed by atoms with Crippen LogP contribution in [0.4, 0.5) is 8.78 Å². The average Bonchev–Trinajstić information content (AvgIpc) is 2.55. The monoisotopic (exact) mass is 358 g/mol. The van der Waals surface area contributed by atoms with Crippen molar-refractivity contribution in [2.24, 2.45) is 0 Å². The number of aliphatic carboxylic acids is 1. The Morgan fingerprint density at radius 3 is 2.12 bits per heavy atom. The number of aliphatic hydroxyl groups is 1. The topological polar surface area (TPSA) is 57.5 Å². The van der Waals surface area contributed by atoms with Crippen molar-refractivity contribution in [3.05, 3.63) is 36.1 Å². The molecule has 0 amide bonds. The second kappa shape index (κ2) is 14.7. The Bertz CT molecular complexity index is 440. The van der Waals surface area contributed by atoms with Crippen molar-refractivity contribution < 1.29 is 23.8 Å². The van der Waals surface area contributed by atoms with Gasteiger partial charge in [0.05, 0.1) is 5.76 Å². The number of carboxylic acids is 1. The van der Waals surface area contributed by atoms with Crippen LogP contribution in [0.5, 0.6) is 0 Å². The molecule has 3 nitrogen and oxygen atoms in total. The van der Waals surface area contributed by atoms with Crippen molar-refractivity contribution in [2.45, 2.75) is 83.5 Å². The third-order valence-corrected chi connectivity index (χ3v) is 3.79. The van der Waals surface area contributed by atoms with Gasteiger partial charge in [-0.05, 0) is 51.0 Å². The zero-order valence-corrected chi connectivity index (χ0v) is 15.2. The van der Waals surface area contributed by atoms with Crippen molar-refractivity contribution in [3.8, 4) is 0 Å². The van der Waals surface area contributed by atoms with Crippen LogP contribution >= 0.6 is 0 Å². The van der Waals surface area contributed by atoms with E-state index in [0.29, 0.717) is 5.76 Å². The standard InChI is InChI=1S/C20H32F2O3/c1-2-3-12-15-18(23)16-13-10-8-6-4-5-7-9-11-14-17-20(21,22)19(24)25/h8-11,16,23H,2-7,12-15,17H2,1H3,(H,24,25)/b10-8-,11-9-,18-16?. The third kappa shape index (κ3) is 14.4. The summed E-state index contributed by atoms with van der Waals surface area (Å²) < 4.78 is 25.6. The van der Waals surface area contributed by atoms with Crippen LogP contribution in [-0.4, -0.2) is 22.1 Å². The molecule has 0 aliphatic rings. The van der Waals surface area contributed by atoms with Crippen LogP contribution in [0.25, 0.3) is 0 Å². The summed E-state index contributed by atoms with van der Waals surface area (Å²) in [4.78, 5) is 10.2. The number of carboxylic acid groups (broad SMARTS) is 1. The van der Waals surface area contributed by atoms with Crippen LogP contribution in [-0.2, 0) is 4.79 Å². The lowest BCUT2D eigenvalue weighted by Gasteiger charge is -2.08. The van der Waals surface area contributed by atoms with Crippen molar-refractivity contribution >= 4 is 5.97 Å². The minimum Gasteiger partial charge on any atom is -0.513 e. The van der Waals surface area contributed by atoms with Crippen LogP contribution in [0.2, 0.25) is 0 Å². The lowest BCUT2D eigenvalue weighted by atomic mass is 10.1.